The molecule has 0 aliphatic carbocycles. The van der Waals surface area contributed by atoms with Crippen LogP contribution in [0, 0.1) is 11.3 Å². The summed E-state index contributed by atoms with van der Waals surface area (Å²) in [5, 5.41) is 11.5. The number of nitriles is 1. The predicted octanol–water partition coefficient (Wildman–Crippen LogP) is 3.13. The molecular weight excluding hydrogens is 390 g/mol. The van der Waals surface area contributed by atoms with E-state index in [1.165, 1.54) is 12.3 Å². The summed E-state index contributed by atoms with van der Waals surface area (Å²) in [6, 6.07) is 11.6. The summed E-state index contributed by atoms with van der Waals surface area (Å²) in [4.78, 5) is 29.9. The maximum Gasteiger partial charge on any atom is 0.268 e. The van der Waals surface area contributed by atoms with Crippen LogP contribution in [-0.4, -0.2) is 46.8 Å². The highest BCUT2D eigenvalue weighted by Crippen LogP contribution is 2.31. The van der Waals surface area contributed by atoms with Gasteiger partial charge in [0.1, 0.15) is 6.04 Å². The lowest BCUT2D eigenvalue weighted by Gasteiger charge is -2.19. The highest BCUT2D eigenvalue weighted by molar-refractivity contribution is 6.01. The third kappa shape index (κ3) is 4.87. The molecule has 0 radical (unpaired) electrons. The number of halogens is 2. The van der Waals surface area contributed by atoms with Gasteiger partial charge < -0.3 is 10.2 Å². The van der Waals surface area contributed by atoms with Gasteiger partial charge in [-0.25, -0.2) is 8.78 Å². The van der Waals surface area contributed by atoms with Crippen molar-refractivity contribution in [3.05, 3.63) is 65.5 Å². The van der Waals surface area contributed by atoms with Crippen molar-refractivity contribution in [1.82, 2.24) is 15.2 Å². The van der Waals surface area contributed by atoms with Gasteiger partial charge in [-0.3, -0.25) is 14.6 Å². The summed E-state index contributed by atoms with van der Waals surface area (Å²) < 4.78 is 27.1. The molecule has 0 bridgehead atoms. The molecule has 8 heteroatoms. The van der Waals surface area contributed by atoms with Gasteiger partial charge in [0.2, 0.25) is 5.91 Å². The molecule has 2 amide bonds. The first kappa shape index (κ1) is 21.1. The standard InChI is InChI=1S/C22H20F2N4O2/c1-15(9-16-5-3-2-4-6-16)19-12-26-8-7-18(19)21(30)27-13-20(29)28-14-22(23,24)10-17(28)11-25/h2-9,12,17H,10,13-14H2,1H3,(H,27,30). The van der Waals surface area contributed by atoms with Crippen molar-refractivity contribution < 1.29 is 18.4 Å². The Hall–Kier alpha value is -3.60. The summed E-state index contributed by atoms with van der Waals surface area (Å²) in [7, 11) is 0. The molecule has 1 fully saturated rings. The minimum absolute atomic E-state index is 0.311. The third-order valence-corrected chi connectivity index (χ3v) is 4.81. The van der Waals surface area contributed by atoms with Crippen LogP contribution in [0.15, 0.2) is 48.8 Å². The van der Waals surface area contributed by atoms with Crippen molar-refractivity contribution in [3.8, 4) is 6.07 Å². The number of pyridine rings is 1. The molecule has 2 aromatic rings. The van der Waals surface area contributed by atoms with Crippen LogP contribution < -0.4 is 5.32 Å². The number of allylic oxidation sites excluding steroid dienone is 1. The highest BCUT2D eigenvalue weighted by Gasteiger charge is 2.47. The van der Waals surface area contributed by atoms with Gasteiger partial charge in [-0.2, -0.15) is 5.26 Å². The highest BCUT2D eigenvalue weighted by atomic mass is 19.3. The van der Waals surface area contributed by atoms with Crippen molar-refractivity contribution in [2.75, 3.05) is 13.1 Å². The number of likely N-dealkylation sites (tertiary alicyclic amines) is 1. The molecule has 154 valence electrons. The molecule has 2 heterocycles. The Morgan fingerprint density at radius 2 is 2.03 bits per heavy atom. The quantitative estimate of drug-likeness (QED) is 0.821. The van der Waals surface area contributed by atoms with Gasteiger partial charge in [-0.1, -0.05) is 36.4 Å². The molecule has 1 aromatic heterocycles. The number of alkyl halides is 2. The van der Waals surface area contributed by atoms with E-state index in [-0.39, 0.29) is 0 Å². The van der Waals surface area contributed by atoms with Crippen LogP contribution in [0.5, 0.6) is 0 Å². The Labute approximate surface area is 172 Å². The van der Waals surface area contributed by atoms with Gasteiger partial charge >= 0.3 is 0 Å². The number of aromatic nitrogens is 1. The molecule has 1 unspecified atom stereocenters. The molecule has 30 heavy (non-hydrogen) atoms. The van der Waals surface area contributed by atoms with Gasteiger partial charge in [0.05, 0.1) is 19.2 Å². The van der Waals surface area contributed by atoms with Crippen LogP contribution in [0.1, 0.15) is 34.8 Å². The van der Waals surface area contributed by atoms with E-state index in [4.69, 9.17) is 5.26 Å². The molecule has 1 aromatic carbocycles. The Morgan fingerprint density at radius 1 is 1.30 bits per heavy atom. The predicted molar refractivity (Wildman–Crippen MR) is 107 cm³/mol. The van der Waals surface area contributed by atoms with Crippen molar-refractivity contribution in [2.45, 2.75) is 25.3 Å². The van der Waals surface area contributed by atoms with E-state index in [0.29, 0.717) is 11.1 Å². The molecule has 1 atom stereocenters. The molecule has 1 N–H and O–H groups in total. The fourth-order valence-corrected chi connectivity index (χ4v) is 3.33. The lowest BCUT2D eigenvalue weighted by atomic mass is 10.0. The van der Waals surface area contributed by atoms with E-state index in [0.717, 1.165) is 16.0 Å². The van der Waals surface area contributed by atoms with Gasteiger partial charge in [0, 0.05) is 29.9 Å². The van der Waals surface area contributed by atoms with Gasteiger partial charge in [-0.05, 0) is 24.1 Å². The Bertz CT molecular complexity index is 1020. The average Bonchev–Trinajstić information content (AvgIpc) is 3.07. The van der Waals surface area contributed by atoms with Gasteiger partial charge in [0.25, 0.3) is 11.8 Å². The maximum atomic E-state index is 13.5. The fourth-order valence-electron chi connectivity index (χ4n) is 3.33. The van der Waals surface area contributed by atoms with Crippen LogP contribution in [0.25, 0.3) is 11.6 Å². The number of amides is 2. The Kier molecular flexibility index (Phi) is 6.21. The summed E-state index contributed by atoms with van der Waals surface area (Å²) >= 11 is 0. The molecular formula is C22H20F2N4O2. The molecule has 1 aliphatic heterocycles. The average molecular weight is 410 g/mol. The lowest BCUT2D eigenvalue weighted by Crippen LogP contribution is -2.43. The van der Waals surface area contributed by atoms with E-state index in [9.17, 15) is 18.4 Å². The van der Waals surface area contributed by atoms with Crippen LogP contribution in [0.3, 0.4) is 0 Å². The van der Waals surface area contributed by atoms with E-state index in [1.807, 2.05) is 43.3 Å². The summed E-state index contributed by atoms with van der Waals surface area (Å²) in [6.45, 7) is 0.547. The van der Waals surface area contributed by atoms with E-state index >= 15 is 0 Å². The number of nitrogens with one attached hydrogen (secondary N) is 1. The normalized spacial score (nSPS) is 18.0. The molecule has 6 nitrogen and oxygen atoms in total. The number of hydrogen-bond acceptors (Lipinski definition) is 4. The minimum Gasteiger partial charge on any atom is -0.343 e. The summed E-state index contributed by atoms with van der Waals surface area (Å²) in [5.74, 6) is -4.35. The second kappa shape index (κ2) is 8.82. The van der Waals surface area contributed by atoms with Crippen LogP contribution in [0.2, 0.25) is 0 Å². The number of carbonyl (C=O) groups is 2. The summed E-state index contributed by atoms with van der Waals surface area (Å²) in [5.41, 5.74) is 2.66. The van der Waals surface area contributed by atoms with Crippen molar-refractivity contribution in [2.24, 2.45) is 0 Å². The molecule has 3 rings (SSSR count). The first-order valence-electron chi connectivity index (χ1n) is 9.33. The number of carbonyl (C=O) groups excluding carboxylic acids is 2. The van der Waals surface area contributed by atoms with Gasteiger partial charge in [-0.15, -0.1) is 0 Å². The first-order valence-corrected chi connectivity index (χ1v) is 9.33. The van der Waals surface area contributed by atoms with E-state index in [1.54, 1.807) is 12.3 Å². The van der Waals surface area contributed by atoms with E-state index < -0.39 is 43.3 Å². The monoisotopic (exact) mass is 410 g/mol. The summed E-state index contributed by atoms with van der Waals surface area (Å²) in [6.07, 6.45) is 4.23. The smallest absolute Gasteiger partial charge is 0.268 e. The Morgan fingerprint density at radius 3 is 2.73 bits per heavy atom. The van der Waals surface area contributed by atoms with Crippen LogP contribution >= 0.6 is 0 Å². The number of hydrogen-bond donors (Lipinski definition) is 1. The topological polar surface area (TPSA) is 86.1 Å². The zero-order valence-electron chi connectivity index (χ0n) is 16.3. The van der Waals surface area contributed by atoms with Crippen molar-refractivity contribution in [1.29, 1.82) is 5.26 Å². The Balaban J connectivity index is 1.72. The number of rotatable bonds is 5. The van der Waals surface area contributed by atoms with Crippen molar-refractivity contribution in [3.63, 3.8) is 0 Å². The second-order valence-corrected chi connectivity index (χ2v) is 7.07. The molecule has 1 aliphatic rings. The van der Waals surface area contributed by atoms with Gasteiger partial charge in [0.15, 0.2) is 0 Å². The first-order chi connectivity index (χ1) is 14.3. The number of benzene rings is 1. The fraction of sp³-hybridized carbons (Fsp3) is 0.273. The zero-order chi connectivity index (χ0) is 21.7. The van der Waals surface area contributed by atoms with Crippen LogP contribution in [-0.2, 0) is 4.79 Å². The number of nitrogens with zero attached hydrogens (tertiary/aromatic N) is 3. The molecule has 0 saturated carbocycles. The second-order valence-electron chi connectivity index (χ2n) is 7.07. The SMILES string of the molecule is CC(=Cc1ccccc1)c1cnccc1C(=O)NCC(=O)N1CC(F)(F)CC1C#N. The maximum absolute atomic E-state index is 13.5. The zero-order valence-corrected chi connectivity index (χ0v) is 16.3. The lowest BCUT2D eigenvalue weighted by molar-refractivity contribution is -0.131. The third-order valence-electron chi connectivity index (χ3n) is 4.81. The molecule has 1 saturated heterocycles. The van der Waals surface area contributed by atoms with Crippen LogP contribution in [0.4, 0.5) is 8.78 Å². The van der Waals surface area contributed by atoms with Crippen molar-refractivity contribution >= 4 is 23.5 Å². The van der Waals surface area contributed by atoms with E-state index in [2.05, 4.69) is 10.3 Å². The molecule has 0 spiro atoms. The largest absolute Gasteiger partial charge is 0.343 e. The minimum atomic E-state index is -3.10.